The first kappa shape index (κ1) is 22.5. The number of benzene rings is 4. The van der Waals surface area contributed by atoms with Crippen LogP contribution in [0.15, 0.2) is 115 Å². The van der Waals surface area contributed by atoms with E-state index >= 15 is 0 Å². The van der Waals surface area contributed by atoms with Gasteiger partial charge in [-0.05, 0) is 53.1 Å². The standard InChI is InChI=1S/C31H29NOS/c33-29(25-12-6-2-7-13-25)21-20-27-22-30(34)32(28-14-8-3-9-15-28)31(27)26-18-16-24(17-19-26)23-10-4-1-5-11-23/h1-19,27,29,31,33H,20-22H2. The maximum atomic E-state index is 10.8. The van der Waals surface area contributed by atoms with Crippen molar-refractivity contribution >= 4 is 22.9 Å². The summed E-state index contributed by atoms with van der Waals surface area (Å²) in [7, 11) is 0. The van der Waals surface area contributed by atoms with E-state index in [-0.39, 0.29) is 6.04 Å². The summed E-state index contributed by atoms with van der Waals surface area (Å²) < 4.78 is 0. The molecule has 0 aromatic heterocycles. The normalized spacial score (nSPS) is 18.7. The minimum absolute atomic E-state index is 0.155. The first-order valence-corrected chi connectivity index (χ1v) is 12.4. The van der Waals surface area contributed by atoms with Crippen molar-refractivity contribution in [2.75, 3.05) is 4.90 Å². The molecule has 3 atom stereocenters. The van der Waals surface area contributed by atoms with Gasteiger partial charge in [-0.15, -0.1) is 0 Å². The lowest BCUT2D eigenvalue weighted by molar-refractivity contribution is 0.155. The third-order valence-electron chi connectivity index (χ3n) is 6.82. The van der Waals surface area contributed by atoms with E-state index in [0.29, 0.717) is 5.92 Å². The molecule has 0 radical (unpaired) electrons. The van der Waals surface area contributed by atoms with E-state index in [1.165, 1.54) is 16.7 Å². The minimum atomic E-state index is -0.457. The van der Waals surface area contributed by atoms with Gasteiger partial charge in [-0.1, -0.05) is 115 Å². The molecule has 1 heterocycles. The van der Waals surface area contributed by atoms with E-state index in [4.69, 9.17) is 12.2 Å². The molecule has 1 fully saturated rings. The van der Waals surface area contributed by atoms with Crippen LogP contribution in [0.4, 0.5) is 5.69 Å². The highest BCUT2D eigenvalue weighted by Gasteiger charge is 2.39. The number of aliphatic hydroxyl groups excluding tert-OH is 1. The Morgan fingerprint density at radius 2 is 1.29 bits per heavy atom. The highest BCUT2D eigenvalue weighted by molar-refractivity contribution is 7.80. The number of hydrogen-bond acceptors (Lipinski definition) is 2. The topological polar surface area (TPSA) is 23.5 Å². The second-order valence-electron chi connectivity index (χ2n) is 9.00. The van der Waals surface area contributed by atoms with Crippen LogP contribution in [0, 0.1) is 5.92 Å². The molecule has 5 rings (SSSR count). The van der Waals surface area contributed by atoms with Gasteiger partial charge in [-0.25, -0.2) is 0 Å². The average Bonchev–Trinajstić information content (AvgIpc) is 3.24. The van der Waals surface area contributed by atoms with E-state index < -0.39 is 6.10 Å². The fourth-order valence-electron chi connectivity index (χ4n) is 5.09. The van der Waals surface area contributed by atoms with Crippen LogP contribution in [0.5, 0.6) is 0 Å². The summed E-state index contributed by atoms with van der Waals surface area (Å²) in [5.41, 5.74) is 5.82. The van der Waals surface area contributed by atoms with Crippen molar-refractivity contribution in [3.05, 3.63) is 126 Å². The molecule has 1 aliphatic heterocycles. The van der Waals surface area contributed by atoms with E-state index in [0.717, 1.165) is 35.5 Å². The summed E-state index contributed by atoms with van der Waals surface area (Å²) in [6.07, 6.45) is 2.03. The highest BCUT2D eigenvalue weighted by Crippen LogP contribution is 2.45. The third-order valence-corrected chi connectivity index (χ3v) is 7.18. The maximum absolute atomic E-state index is 10.8. The van der Waals surface area contributed by atoms with Crippen LogP contribution < -0.4 is 4.90 Å². The molecule has 0 bridgehead atoms. The van der Waals surface area contributed by atoms with Crippen LogP contribution in [-0.2, 0) is 0 Å². The maximum Gasteiger partial charge on any atom is 0.0833 e. The van der Waals surface area contributed by atoms with Gasteiger partial charge in [0.15, 0.2) is 0 Å². The van der Waals surface area contributed by atoms with Crippen LogP contribution in [-0.4, -0.2) is 10.1 Å². The third kappa shape index (κ3) is 4.82. The number of para-hydroxylation sites is 1. The number of rotatable bonds is 7. The monoisotopic (exact) mass is 463 g/mol. The highest BCUT2D eigenvalue weighted by atomic mass is 32.1. The lowest BCUT2D eigenvalue weighted by Crippen LogP contribution is -2.28. The van der Waals surface area contributed by atoms with Gasteiger partial charge in [0.05, 0.1) is 17.1 Å². The van der Waals surface area contributed by atoms with Crippen LogP contribution in [0.2, 0.25) is 0 Å². The Bertz CT molecular complexity index is 1210. The van der Waals surface area contributed by atoms with Crippen LogP contribution >= 0.6 is 12.2 Å². The first-order chi connectivity index (χ1) is 16.7. The van der Waals surface area contributed by atoms with Crippen molar-refractivity contribution in [3.63, 3.8) is 0 Å². The van der Waals surface area contributed by atoms with Crippen molar-refractivity contribution in [3.8, 4) is 11.1 Å². The fraction of sp³-hybridized carbons (Fsp3) is 0.194. The van der Waals surface area contributed by atoms with Crippen molar-refractivity contribution in [1.82, 2.24) is 0 Å². The van der Waals surface area contributed by atoms with Crippen molar-refractivity contribution < 1.29 is 5.11 Å². The Balaban J connectivity index is 1.43. The molecule has 170 valence electrons. The van der Waals surface area contributed by atoms with Crippen LogP contribution in [0.3, 0.4) is 0 Å². The smallest absolute Gasteiger partial charge is 0.0833 e. The molecule has 4 aromatic carbocycles. The van der Waals surface area contributed by atoms with Crippen molar-refractivity contribution in [2.45, 2.75) is 31.4 Å². The summed E-state index contributed by atoms with van der Waals surface area (Å²) in [5, 5.41) is 10.8. The van der Waals surface area contributed by atoms with Gasteiger partial charge in [0.1, 0.15) is 0 Å². The lowest BCUT2D eigenvalue weighted by atomic mass is 9.87. The summed E-state index contributed by atoms with van der Waals surface area (Å²) >= 11 is 5.92. The molecule has 2 nitrogen and oxygen atoms in total. The van der Waals surface area contributed by atoms with Crippen molar-refractivity contribution in [1.29, 1.82) is 0 Å². The molecule has 1 saturated heterocycles. The van der Waals surface area contributed by atoms with Gasteiger partial charge in [0.25, 0.3) is 0 Å². The molecule has 4 aromatic rings. The number of nitrogens with zero attached hydrogens (tertiary/aromatic N) is 1. The fourth-order valence-corrected chi connectivity index (χ4v) is 5.52. The second-order valence-corrected chi connectivity index (χ2v) is 9.47. The largest absolute Gasteiger partial charge is 0.388 e. The van der Waals surface area contributed by atoms with Gasteiger partial charge in [0.2, 0.25) is 0 Å². The molecule has 0 spiro atoms. The summed E-state index contributed by atoms with van der Waals surface area (Å²) in [4.78, 5) is 3.30. The van der Waals surface area contributed by atoms with Gasteiger partial charge in [-0.3, -0.25) is 0 Å². The van der Waals surface area contributed by atoms with Crippen LogP contribution in [0.1, 0.15) is 42.5 Å². The quantitative estimate of drug-likeness (QED) is 0.283. The van der Waals surface area contributed by atoms with E-state index in [1.54, 1.807) is 0 Å². The van der Waals surface area contributed by atoms with Gasteiger partial charge in [0, 0.05) is 12.1 Å². The molecular formula is C31H29NOS. The lowest BCUT2D eigenvalue weighted by Gasteiger charge is -2.30. The summed E-state index contributed by atoms with van der Waals surface area (Å²) in [6.45, 7) is 0. The Hall–Kier alpha value is -3.27. The summed E-state index contributed by atoms with van der Waals surface area (Å²) in [5.74, 6) is 0.341. The zero-order valence-corrected chi connectivity index (χ0v) is 19.9. The zero-order chi connectivity index (χ0) is 23.3. The molecule has 1 aliphatic rings. The number of hydrogen-bond donors (Lipinski definition) is 1. The van der Waals surface area contributed by atoms with Crippen molar-refractivity contribution in [2.24, 2.45) is 5.92 Å². The molecule has 34 heavy (non-hydrogen) atoms. The predicted octanol–water partition coefficient (Wildman–Crippen LogP) is 7.76. The second kappa shape index (κ2) is 10.3. The number of aliphatic hydroxyl groups is 1. The molecular weight excluding hydrogens is 434 g/mol. The van der Waals surface area contributed by atoms with E-state index in [2.05, 4.69) is 77.7 Å². The Morgan fingerprint density at radius 3 is 1.94 bits per heavy atom. The Labute approximate surface area is 207 Å². The zero-order valence-electron chi connectivity index (χ0n) is 19.1. The molecule has 1 N–H and O–H groups in total. The van der Waals surface area contributed by atoms with E-state index in [1.807, 2.05) is 42.5 Å². The molecule has 0 amide bonds. The van der Waals surface area contributed by atoms with E-state index in [9.17, 15) is 5.11 Å². The molecule has 3 heteroatoms. The summed E-state index contributed by atoms with van der Waals surface area (Å²) in [6, 6.07) is 40.0. The number of thiocarbonyl (C=S) groups is 1. The van der Waals surface area contributed by atoms with Gasteiger partial charge < -0.3 is 10.0 Å². The molecule has 0 aliphatic carbocycles. The predicted molar refractivity (Wildman–Crippen MR) is 145 cm³/mol. The van der Waals surface area contributed by atoms with Crippen LogP contribution in [0.25, 0.3) is 11.1 Å². The minimum Gasteiger partial charge on any atom is -0.388 e. The Morgan fingerprint density at radius 1 is 0.735 bits per heavy atom. The van der Waals surface area contributed by atoms with Gasteiger partial charge >= 0.3 is 0 Å². The Kier molecular flexibility index (Phi) is 6.84. The first-order valence-electron chi connectivity index (χ1n) is 12.0. The van der Waals surface area contributed by atoms with Gasteiger partial charge in [-0.2, -0.15) is 0 Å². The molecule has 3 unspecified atom stereocenters. The number of anilines is 1. The SMILES string of the molecule is OC(CCC1CC(=S)N(c2ccccc2)C1c1ccc(-c2ccccc2)cc1)c1ccccc1. The molecule has 0 saturated carbocycles. The average molecular weight is 464 g/mol.